The second-order valence-electron chi connectivity index (χ2n) is 0.818. The van der Waals surface area contributed by atoms with Crippen LogP contribution in [0.25, 0.3) is 0 Å². The molecule has 40 valence electrons. The van der Waals surface area contributed by atoms with E-state index in [9.17, 15) is 0 Å². The number of nitrogens with one attached hydrogen (secondary N) is 1. The molecule has 0 aromatic carbocycles. The van der Waals surface area contributed by atoms with Crippen molar-refractivity contribution >= 4 is 40.1 Å². The largest absolute Gasteiger partial charge is 0.405 e. The fourth-order valence-corrected chi connectivity index (χ4v) is 0.377. The predicted molar refractivity (Wildman–Crippen MR) is 43.1 cm³/mol. The van der Waals surface area contributed by atoms with Crippen LogP contribution in [0.1, 0.15) is 0 Å². The van der Waals surface area contributed by atoms with Gasteiger partial charge in [-0.05, 0) is 12.3 Å². The van der Waals surface area contributed by atoms with Crippen LogP contribution in [0, 0.1) is 0 Å². The summed E-state index contributed by atoms with van der Waals surface area (Å²) >= 11 is 6.61. The summed E-state index contributed by atoms with van der Waals surface area (Å²) in [7, 11) is 0. The van der Waals surface area contributed by atoms with E-state index in [2.05, 4.69) is 15.7 Å². The minimum absolute atomic E-state index is 0.642. The summed E-state index contributed by atoms with van der Waals surface area (Å²) in [6.45, 7) is 0. The summed E-state index contributed by atoms with van der Waals surface area (Å²) in [4.78, 5) is 0.642. The molecule has 0 bridgehead atoms. The summed E-state index contributed by atoms with van der Waals surface area (Å²) in [5, 5.41) is 0. The molecule has 3 N–H and O–H groups in total. The highest BCUT2D eigenvalue weighted by atomic mass is 127. The zero-order chi connectivity index (χ0) is 5.70. The Hall–Kier alpha value is 0.160. The van der Waals surface area contributed by atoms with Gasteiger partial charge in [-0.25, -0.2) is 0 Å². The van der Waals surface area contributed by atoms with E-state index >= 15 is 0 Å². The second kappa shape index (κ2) is 4.32. The Morgan fingerprint density at radius 1 is 1.86 bits per heavy atom. The maximum absolute atomic E-state index is 4.99. The van der Waals surface area contributed by atoms with Gasteiger partial charge in [0.05, 0.1) is 22.9 Å². The summed E-state index contributed by atoms with van der Waals surface area (Å²) in [6, 6.07) is 0. The molecule has 2 nitrogen and oxygen atoms in total. The Kier molecular flexibility index (Phi) is 4.42. The monoisotopic (exact) mass is 228 g/mol. The summed E-state index contributed by atoms with van der Waals surface area (Å²) in [5.74, 6) is 0. The van der Waals surface area contributed by atoms with Crippen LogP contribution in [0.4, 0.5) is 0 Å². The Morgan fingerprint density at radius 3 is 2.57 bits per heavy atom. The van der Waals surface area contributed by atoms with E-state index in [1.165, 1.54) is 6.20 Å². The SMILES string of the molecule is N/C=C\C(=S)NI. The van der Waals surface area contributed by atoms with Crippen molar-refractivity contribution < 1.29 is 0 Å². The molecule has 0 fully saturated rings. The Labute approximate surface area is 61.6 Å². The number of rotatable bonds is 1. The van der Waals surface area contributed by atoms with Crippen LogP contribution in [0.3, 0.4) is 0 Å². The van der Waals surface area contributed by atoms with Gasteiger partial charge in [0.1, 0.15) is 4.99 Å². The number of halogens is 1. The second-order valence-corrected chi connectivity index (χ2v) is 1.80. The molecule has 7 heavy (non-hydrogen) atoms. The maximum atomic E-state index is 4.99. The summed E-state index contributed by atoms with van der Waals surface area (Å²) in [6.07, 6.45) is 3.01. The molecule has 0 aliphatic rings. The lowest BCUT2D eigenvalue weighted by Crippen LogP contribution is -2.04. The van der Waals surface area contributed by atoms with Gasteiger partial charge in [0.15, 0.2) is 0 Å². The van der Waals surface area contributed by atoms with Gasteiger partial charge in [0.2, 0.25) is 0 Å². The lowest BCUT2D eigenvalue weighted by atomic mass is 10.6. The molecule has 0 aromatic rings. The fraction of sp³-hybridized carbons (Fsp3) is 0. The molecule has 0 unspecified atom stereocenters. The molecule has 0 saturated carbocycles. The van der Waals surface area contributed by atoms with Gasteiger partial charge < -0.3 is 9.26 Å². The van der Waals surface area contributed by atoms with Crippen LogP contribution in [-0.4, -0.2) is 4.99 Å². The minimum atomic E-state index is 0.642. The molecule has 0 heterocycles. The van der Waals surface area contributed by atoms with Crippen molar-refractivity contribution in [2.45, 2.75) is 0 Å². The molecular formula is C3H5IN2S. The van der Waals surface area contributed by atoms with Crippen molar-refractivity contribution in [3.05, 3.63) is 12.3 Å². The van der Waals surface area contributed by atoms with Crippen molar-refractivity contribution in [2.24, 2.45) is 5.73 Å². The van der Waals surface area contributed by atoms with Crippen LogP contribution < -0.4 is 9.26 Å². The van der Waals surface area contributed by atoms with Crippen molar-refractivity contribution in [1.82, 2.24) is 3.53 Å². The highest BCUT2D eigenvalue weighted by Gasteiger charge is 1.77. The number of hydrogen-bond donors (Lipinski definition) is 2. The predicted octanol–water partition coefficient (Wildman–Crippen LogP) is 0.726. The number of hydrogen-bond acceptors (Lipinski definition) is 2. The van der Waals surface area contributed by atoms with Gasteiger partial charge in [-0.1, -0.05) is 12.2 Å². The van der Waals surface area contributed by atoms with E-state index in [1.54, 1.807) is 6.08 Å². The van der Waals surface area contributed by atoms with E-state index in [-0.39, 0.29) is 0 Å². The zero-order valence-electron chi connectivity index (χ0n) is 3.52. The van der Waals surface area contributed by atoms with Crippen molar-refractivity contribution in [2.75, 3.05) is 0 Å². The smallest absolute Gasteiger partial charge is 0.109 e. The van der Waals surface area contributed by atoms with Gasteiger partial charge in [-0.2, -0.15) is 0 Å². The van der Waals surface area contributed by atoms with Crippen LogP contribution in [0.5, 0.6) is 0 Å². The normalized spacial score (nSPS) is 9.29. The Morgan fingerprint density at radius 2 is 2.43 bits per heavy atom. The molecule has 0 aliphatic carbocycles. The third-order valence-corrected chi connectivity index (χ3v) is 1.53. The highest BCUT2D eigenvalue weighted by Crippen LogP contribution is 1.76. The van der Waals surface area contributed by atoms with Crippen molar-refractivity contribution in [3.63, 3.8) is 0 Å². The van der Waals surface area contributed by atoms with Crippen molar-refractivity contribution in [3.8, 4) is 0 Å². The molecule has 0 aliphatic heterocycles. The van der Waals surface area contributed by atoms with Crippen LogP contribution >= 0.6 is 35.1 Å². The van der Waals surface area contributed by atoms with Gasteiger partial charge in [-0.15, -0.1) is 0 Å². The zero-order valence-corrected chi connectivity index (χ0v) is 6.49. The van der Waals surface area contributed by atoms with E-state index < -0.39 is 0 Å². The first-order valence-corrected chi connectivity index (χ1v) is 3.09. The first kappa shape index (κ1) is 7.16. The van der Waals surface area contributed by atoms with E-state index in [0.717, 1.165) is 0 Å². The van der Waals surface area contributed by atoms with E-state index in [1.807, 2.05) is 22.9 Å². The molecule has 0 radical (unpaired) electrons. The molecule has 0 aromatic heterocycles. The summed E-state index contributed by atoms with van der Waals surface area (Å²) in [5.41, 5.74) is 4.99. The first-order valence-electron chi connectivity index (χ1n) is 1.60. The van der Waals surface area contributed by atoms with Gasteiger partial charge in [0, 0.05) is 0 Å². The first-order chi connectivity index (χ1) is 3.31. The van der Waals surface area contributed by atoms with Gasteiger partial charge >= 0.3 is 0 Å². The third-order valence-electron chi connectivity index (χ3n) is 0.341. The molecule has 0 saturated heterocycles. The van der Waals surface area contributed by atoms with Crippen LogP contribution in [0.2, 0.25) is 0 Å². The number of nitrogens with two attached hydrogens (primary N) is 1. The molecule has 4 heteroatoms. The minimum Gasteiger partial charge on any atom is -0.405 e. The fourth-order valence-electron chi connectivity index (χ4n) is 0.119. The highest BCUT2D eigenvalue weighted by molar-refractivity contribution is 14.1. The lowest BCUT2D eigenvalue weighted by Gasteiger charge is -1.86. The van der Waals surface area contributed by atoms with Gasteiger partial charge in [-0.3, -0.25) is 0 Å². The Bertz CT molecular complexity index is 90.9. The molecule has 0 amide bonds. The standard InChI is InChI=1S/C3H5IN2S/c4-6-3(7)1-2-5/h1-2H,5H2,(H,6,7)/b2-1-. The number of thiocarbonyl (C=S) groups is 1. The van der Waals surface area contributed by atoms with Crippen LogP contribution in [0.15, 0.2) is 12.3 Å². The van der Waals surface area contributed by atoms with Gasteiger partial charge in [0.25, 0.3) is 0 Å². The summed E-state index contributed by atoms with van der Waals surface area (Å²) < 4.78 is 2.70. The average molecular weight is 228 g/mol. The van der Waals surface area contributed by atoms with E-state index in [4.69, 9.17) is 5.73 Å². The quantitative estimate of drug-likeness (QED) is 0.300. The maximum Gasteiger partial charge on any atom is 0.109 e. The molecule has 0 rings (SSSR count). The average Bonchev–Trinajstić information content (AvgIpc) is 1.68. The third kappa shape index (κ3) is 4.00. The molecular weight excluding hydrogens is 223 g/mol. The van der Waals surface area contributed by atoms with E-state index in [0.29, 0.717) is 4.99 Å². The molecule has 0 spiro atoms. The topological polar surface area (TPSA) is 38.0 Å². The lowest BCUT2D eigenvalue weighted by molar-refractivity contribution is 1.59. The van der Waals surface area contributed by atoms with Crippen LogP contribution in [-0.2, 0) is 0 Å². The van der Waals surface area contributed by atoms with Crippen molar-refractivity contribution in [1.29, 1.82) is 0 Å². The Balaban J connectivity index is 3.37. The molecule has 0 atom stereocenters.